The minimum absolute atomic E-state index is 0. The van der Waals surface area contributed by atoms with Gasteiger partial charge in [-0.2, -0.15) is 6.42 Å². The molecule has 0 aliphatic carbocycles. The van der Waals surface area contributed by atoms with E-state index in [9.17, 15) is 0 Å². The first-order chi connectivity index (χ1) is 33.4. The van der Waals surface area contributed by atoms with Crippen LogP contribution in [0.2, 0.25) is 10.1 Å². The van der Waals surface area contributed by atoms with Gasteiger partial charge >= 0.3 is 18.9 Å². The van der Waals surface area contributed by atoms with Gasteiger partial charge in [-0.1, -0.05) is 270 Å². The second kappa shape index (κ2) is 41.9. The van der Waals surface area contributed by atoms with E-state index < -0.39 is 16.6 Å². The molecule has 4 aromatic carbocycles. The molecule has 0 bridgehead atoms. The van der Waals surface area contributed by atoms with Gasteiger partial charge in [-0.05, 0) is 69.3 Å². The van der Waals surface area contributed by atoms with Gasteiger partial charge in [-0.15, -0.1) is 24.2 Å². The van der Waals surface area contributed by atoms with Gasteiger partial charge in [0.15, 0.2) is 0 Å². The summed E-state index contributed by atoms with van der Waals surface area (Å²) in [4.78, 5) is 0. The molecule has 0 fully saturated rings. The Morgan fingerprint density at radius 2 is 0.729 bits per heavy atom. The van der Waals surface area contributed by atoms with Crippen molar-refractivity contribution in [2.24, 2.45) is 0 Å². The number of hydrogen-bond donors (Lipinski definition) is 0. The van der Waals surface area contributed by atoms with Crippen molar-refractivity contribution < 1.29 is 27.7 Å². The van der Waals surface area contributed by atoms with E-state index in [2.05, 4.69) is 224 Å². The summed E-state index contributed by atoms with van der Waals surface area (Å²) in [6.07, 6.45) is 30.4. The van der Waals surface area contributed by atoms with Gasteiger partial charge in [-0.25, -0.2) is 0 Å². The Hall–Kier alpha value is -2.57. The summed E-state index contributed by atoms with van der Waals surface area (Å²) in [5.41, 5.74) is 0. The van der Waals surface area contributed by atoms with Gasteiger partial charge in [0.2, 0.25) is 0 Å². The smallest absolute Gasteiger partial charge is 0.407 e. The molecule has 4 rings (SSSR count). The van der Waals surface area contributed by atoms with Crippen LogP contribution in [0.5, 0.6) is 0 Å². The molecular formula is C64H98BrLiO2Si2. The van der Waals surface area contributed by atoms with Crippen LogP contribution in [-0.2, 0) is 8.85 Å². The monoisotopic (exact) mass is 1040 g/mol. The molecular weight excluding hydrogens is 944 g/mol. The van der Waals surface area contributed by atoms with Crippen molar-refractivity contribution in [1.82, 2.24) is 0 Å². The number of halogens is 1. The van der Waals surface area contributed by atoms with Gasteiger partial charge in [0, 0.05) is 37.8 Å². The van der Waals surface area contributed by atoms with Crippen LogP contribution in [0.3, 0.4) is 0 Å². The molecule has 0 aliphatic rings. The third-order valence-corrected chi connectivity index (χ3v) is 23.1. The zero-order chi connectivity index (χ0) is 51.0. The molecule has 2 nitrogen and oxygen atoms in total. The number of terminal acetylenes is 1. The summed E-state index contributed by atoms with van der Waals surface area (Å²) >= 11 is 3.51. The van der Waals surface area contributed by atoms with E-state index in [1.165, 1.54) is 117 Å². The molecule has 0 unspecified atom stereocenters. The topological polar surface area (TPSA) is 18.5 Å². The molecule has 0 radical (unpaired) electrons. The first-order valence-electron chi connectivity index (χ1n) is 27.1. The molecule has 0 amide bonds. The molecule has 0 N–H and O–H groups in total. The van der Waals surface area contributed by atoms with Gasteiger partial charge < -0.3 is 15.8 Å². The Balaban J connectivity index is 0.00000112. The third-order valence-electron chi connectivity index (χ3n) is 12.5. The summed E-state index contributed by atoms with van der Waals surface area (Å²) in [6, 6.07) is 43.8. The number of unbranched alkanes of at least 4 members (excludes halogenated alkanes) is 16. The zero-order valence-electron chi connectivity index (χ0n) is 46.5. The maximum absolute atomic E-state index is 6.97. The van der Waals surface area contributed by atoms with Crippen LogP contribution < -0.4 is 39.6 Å². The fourth-order valence-electron chi connectivity index (χ4n) is 8.66. The number of hydrogen-bond acceptors (Lipinski definition) is 2. The number of alkyl halides is 1. The average molecular weight is 1040 g/mol. The van der Waals surface area contributed by atoms with Crippen LogP contribution in [0, 0.1) is 31.1 Å². The molecule has 4 aromatic rings. The second-order valence-corrected chi connectivity index (χ2v) is 29.7. The number of rotatable bonds is 27. The van der Waals surface area contributed by atoms with Crippen LogP contribution in [-0.4, -0.2) is 35.2 Å². The molecule has 0 aliphatic heterocycles. The van der Waals surface area contributed by atoms with E-state index in [4.69, 9.17) is 15.3 Å². The SMILES string of the molecule is C#CCCCCC.CC(C)(C)[Si](OCCCCCCCBr)(c1ccccc1)c1ccccc1.CCCCCC#CCCCCCCCO[Si](c1ccccc1)(c1ccccc1)C(C)(C)C.[CH2-]CCC.[Li+]. The van der Waals surface area contributed by atoms with E-state index in [0.717, 1.165) is 57.1 Å². The Morgan fingerprint density at radius 1 is 0.443 bits per heavy atom. The summed E-state index contributed by atoms with van der Waals surface area (Å²) in [5, 5.41) is 6.74. The zero-order valence-corrected chi connectivity index (χ0v) is 50.1. The van der Waals surface area contributed by atoms with Crippen molar-refractivity contribution in [3.8, 4) is 24.2 Å². The van der Waals surface area contributed by atoms with E-state index >= 15 is 0 Å². The largest absolute Gasteiger partial charge is 1.00 e. The van der Waals surface area contributed by atoms with Crippen molar-refractivity contribution in [3.05, 3.63) is 128 Å². The minimum Gasteiger partial charge on any atom is -0.407 e. The van der Waals surface area contributed by atoms with Gasteiger partial charge in [0.05, 0.1) is 0 Å². The Kier molecular flexibility index (Phi) is 40.3. The maximum atomic E-state index is 6.97. The van der Waals surface area contributed by atoms with Gasteiger partial charge in [-0.3, -0.25) is 0 Å². The number of benzene rings is 4. The standard InChI is InChI=1S/C30H44OSi.C23H33BrOSi.C7H12.C4H9.Li/c1-5-6-7-8-9-10-11-12-13-14-15-22-27-31-32(30(2,3)4,28-23-18-16-19-24-28)29-25-20-17-21-26-29;1-23(2,3)26(21-15-9-7-10-16-21,22-17-11-8-12-18-22)25-20-14-6-4-5-13-19-24;1-3-5-7-6-4-2;1-3-4-2;/h16-21,23-26H,5-8,11-15,22,27H2,1-4H3;7-12,15-18H,4-6,13-14,19-20H2,1-3H3;1H,4-7H2,2H3;1,3-4H2,2H3;/q;;;-1;+1. The second-order valence-electron chi connectivity index (χ2n) is 20.3. The summed E-state index contributed by atoms with van der Waals surface area (Å²) < 4.78 is 13.9. The molecule has 6 heteroatoms. The van der Waals surface area contributed by atoms with Gasteiger partial charge in [0.25, 0.3) is 16.6 Å². The van der Waals surface area contributed by atoms with Crippen LogP contribution in [0.4, 0.5) is 0 Å². The molecule has 0 heterocycles. The van der Waals surface area contributed by atoms with Crippen LogP contribution >= 0.6 is 15.9 Å². The normalized spacial score (nSPS) is 11.2. The first kappa shape index (κ1) is 67.4. The van der Waals surface area contributed by atoms with Crippen molar-refractivity contribution in [3.63, 3.8) is 0 Å². The third kappa shape index (κ3) is 25.9. The van der Waals surface area contributed by atoms with Crippen LogP contribution in [0.1, 0.15) is 197 Å². The first-order valence-corrected chi connectivity index (χ1v) is 32.1. The molecule has 0 atom stereocenters. The fourth-order valence-corrected chi connectivity index (χ4v) is 18.3. The van der Waals surface area contributed by atoms with Crippen LogP contribution in [0.15, 0.2) is 121 Å². The Morgan fingerprint density at radius 3 is 1.01 bits per heavy atom. The molecule has 0 saturated carbocycles. The molecule has 0 spiro atoms. The molecule has 382 valence electrons. The molecule has 0 saturated heterocycles. The quantitative estimate of drug-likeness (QED) is 0.0195. The predicted octanol–water partition coefficient (Wildman–Crippen LogP) is 14.2. The van der Waals surface area contributed by atoms with Crippen molar-refractivity contribution in [2.75, 3.05) is 18.5 Å². The van der Waals surface area contributed by atoms with Gasteiger partial charge in [0.1, 0.15) is 0 Å². The van der Waals surface area contributed by atoms with Crippen molar-refractivity contribution in [2.45, 2.75) is 207 Å². The minimum atomic E-state index is -2.37. The Bertz CT molecular complexity index is 1790. The predicted molar refractivity (Wildman–Crippen MR) is 317 cm³/mol. The van der Waals surface area contributed by atoms with Crippen molar-refractivity contribution >= 4 is 53.3 Å². The van der Waals surface area contributed by atoms with Crippen molar-refractivity contribution in [1.29, 1.82) is 0 Å². The van der Waals surface area contributed by atoms with E-state index in [0.29, 0.717) is 0 Å². The Labute approximate surface area is 456 Å². The summed E-state index contributed by atoms with van der Waals surface area (Å²) in [5.74, 6) is 9.28. The fraction of sp³-hybridized carbons (Fsp3) is 0.547. The van der Waals surface area contributed by atoms with Crippen LogP contribution in [0.25, 0.3) is 0 Å². The maximum Gasteiger partial charge on any atom is 1.00 e. The average Bonchev–Trinajstić information content (AvgIpc) is 3.36. The summed E-state index contributed by atoms with van der Waals surface area (Å²) in [7, 11) is -4.70. The summed E-state index contributed by atoms with van der Waals surface area (Å²) in [6.45, 7) is 25.9. The molecule has 70 heavy (non-hydrogen) atoms. The van der Waals surface area contributed by atoms with E-state index in [-0.39, 0.29) is 28.9 Å². The van der Waals surface area contributed by atoms with E-state index in [1.807, 2.05) is 0 Å². The van der Waals surface area contributed by atoms with E-state index in [1.54, 1.807) is 0 Å². The molecule has 0 aromatic heterocycles.